The van der Waals surface area contributed by atoms with Crippen LogP contribution in [0.1, 0.15) is 29.2 Å². The van der Waals surface area contributed by atoms with E-state index in [0.717, 1.165) is 27.6 Å². The van der Waals surface area contributed by atoms with E-state index in [1.807, 2.05) is 41.4 Å². The molecule has 2 heterocycles. The number of thioether (sulfide) groups is 1. The average molecular weight is 544 g/mol. The SMILES string of the molecule is O=C1N=C(N2N=C(c3ccc4ccccc4c3)CC2c2ccc(Cl)cc2)S/C1=C\c1cc(Cl)ccc1O. The Balaban J connectivity index is 1.37. The lowest BCUT2D eigenvalue weighted by atomic mass is 9.97. The number of benzene rings is 4. The summed E-state index contributed by atoms with van der Waals surface area (Å²) in [6, 6.07) is 26.7. The summed E-state index contributed by atoms with van der Waals surface area (Å²) < 4.78 is 0. The number of phenols is 1. The first-order chi connectivity index (χ1) is 17.9. The molecule has 0 aliphatic carbocycles. The minimum atomic E-state index is -0.386. The van der Waals surface area contributed by atoms with Crippen molar-refractivity contribution in [3.63, 3.8) is 0 Å². The summed E-state index contributed by atoms with van der Waals surface area (Å²) in [6.07, 6.45) is 2.24. The molecule has 1 unspecified atom stereocenters. The highest BCUT2D eigenvalue weighted by Gasteiger charge is 2.36. The van der Waals surface area contributed by atoms with Gasteiger partial charge in [-0.2, -0.15) is 10.1 Å². The summed E-state index contributed by atoms with van der Waals surface area (Å²) in [5.74, 6) is -0.348. The largest absolute Gasteiger partial charge is 0.507 e. The number of halogens is 2. The second-order valence-corrected chi connectivity index (χ2v) is 10.6. The minimum absolute atomic E-state index is 0.0376. The van der Waals surface area contributed by atoms with Crippen LogP contribution >= 0.6 is 35.0 Å². The van der Waals surface area contributed by atoms with Gasteiger partial charge in [0.2, 0.25) is 0 Å². The van der Waals surface area contributed by atoms with Crippen molar-refractivity contribution in [1.29, 1.82) is 0 Å². The third kappa shape index (κ3) is 4.76. The molecule has 4 aromatic rings. The van der Waals surface area contributed by atoms with Crippen molar-refractivity contribution in [3.8, 4) is 5.75 Å². The zero-order valence-corrected chi connectivity index (χ0v) is 21.6. The number of carbonyl (C=O) groups excluding carboxylic acids is 1. The zero-order valence-electron chi connectivity index (χ0n) is 19.3. The Morgan fingerprint density at radius 2 is 1.68 bits per heavy atom. The van der Waals surface area contributed by atoms with Gasteiger partial charge in [0.15, 0.2) is 5.17 Å². The lowest BCUT2D eigenvalue weighted by Crippen LogP contribution is -2.23. The highest BCUT2D eigenvalue weighted by molar-refractivity contribution is 8.18. The summed E-state index contributed by atoms with van der Waals surface area (Å²) in [6.45, 7) is 0. The molecule has 2 aliphatic heterocycles. The van der Waals surface area contributed by atoms with Crippen LogP contribution in [0.15, 0.2) is 99.9 Å². The number of aliphatic imine (C=N–C) groups is 1. The first-order valence-corrected chi connectivity index (χ1v) is 13.1. The number of nitrogens with zero attached hydrogens (tertiary/aromatic N) is 3. The van der Waals surface area contributed by atoms with Crippen molar-refractivity contribution in [2.75, 3.05) is 0 Å². The van der Waals surface area contributed by atoms with Gasteiger partial charge < -0.3 is 5.11 Å². The maximum absolute atomic E-state index is 12.8. The van der Waals surface area contributed by atoms with Gasteiger partial charge in [-0.25, -0.2) is 5.01 Å². The Bertz CT molecular complexity index is 1650. The topological polar surface area (TPSA) is 65.3 Å². The number of hydrazone groups is 1. The van der Waals surface area contributed by atoms with Crippen LogP contribution in [-0.2, 0) is 4.79 Å². The molecule has 2 aliphatic rings. The minimum Gasteiger partial charge on any atom is -0.507 e. The molecule has 1 amide bonds. The van der Waals surface area contributed by atoms with Crippen LogP contribution in [-0.4, -0.2) is 26.9 Å². The van der Waals surface area contributed by atoms with Crippen molar-refractivity contribution in [2.45, 2.75) is 12.5 Å². The van der Waals surface area contributed by atoms with Gasteiger partial charge in [0.25, 0.3) is 5.91 Å². The van der Waals surface area contributed by atoms with E-state index in [9.17, 15) is 9.90 Å². The first kappa shape index (κ1) is 23.8. The van der Waals surface area contributed by atoms with Crippen LogP contribution in [0.4, 0.5) is 0 Å². The van der Waals surface area contributed by atoms with E-state index in [-0.39, 0.29) is 17.7 Å². The molecule has 37 heavy (non-hydrogen) atoms. The molecule has 1 atom stereocenters. The fraction of sp³-hybridized carbons (Fsp3) is 0.0690. The molecule has 0 saturated heterocycles. The number of hydrogen-bond acceptors (Lipinski definition) is 5. The molecule has 182 valence electrons. The third-order valence-corrected chi connectivity index (χ3v) is 7.79. The highest BCUT2D eigenvalue weighted by atomic mass is 35.5. The highest BCUT2D eigenvalue weighted by Crippen LogP contribution is 2.40. The molecule has 0 radical (unpaired) electrons. The van der Waals surface area contributed by atoms with E-state index in [1.165, 1.54) is 17.8 Å². The van der Waals surface area contributed by atoms with Crippen LogP contribution in [0.25, 0.3) is 16.8 Å². The number of hydrogen-bond donors (Lipinski definition) is 1. The molecular formula is C29H19Cl2N3O2S. The predicted octanol–water partition coefficient (Wildman–Crippen LogP) is 7.67. The second kappa shape index (κ2) is 9.71. The van der Waals surface area contributed by atoms with E-state index < -0.39 is 0 Å². The van der Waals surface area contributed by atoms with E-state index >= 15 is 0 Å². The number of phenolic OH excluding ortho intramolecular Hbond substituents is 1. The monoisotopic (exact) mass is 543 g/mol. The molecule has 4 aromatic carbocycles. The number of rotatable bonds is 3. The summed E-state index contributed by atoms with van der Waals surface area (Å²) in [5.41, 5.74) is 3.40. The number of aromatic hydroxyl groups is 1. The number of amides is 1. The molecule has 0 aromatic heterocycles. The fourth-order valence-electron chi connectivity index (χ4n) is 4.45. The smallest absolute Gasteiger partial charge is 0.286 e. The Labute approximate surface area is 227 Å². The zero-order chi connectivity index (χ0) is 25.5. The average Bonchev–Trinajstić information content (AvgIpc) is 3.50. The molecule has 5 nitrogen and oxygen atoms in total. The third-order valence-electron chi connectivity index (χ3n) is 6.33. The van der Waals surface area contributed by atoms with E-state index in [0.29, 0.717) is 32.1 Å². The Morgan fingerprint density at radius 3 is 2.49 bits per heavy atom. The van der Waals surface area contributed by atoms with Crippen molar-refractivity contribution in [1.82, 2.24) is 5.01 Å². The summed E-state index contributed by atoms with van der Waals surface area (Å²) in [7, 11) is 0. The number of amidine groups is 1. The van der Waals surface area contributed by atoms with Gasteiger partial charge in [-0.05, 0) is 76.1 Å². The van der Waals surface area contributed by atoms with Gasteiger partial charge in [0.1, 0.15) is 5.75 Å². The normalized spacial score (nSPS) is 18.5. The first-order valence-electron chi connectivity index (χ1n) is 11.6. The lowest BCUT2D eigenvalue weighted by molar-refractivity contribution is -0.113. The summed E-state index contributed by atoms with van der Waals surface area (Å²) in [4.78, 5) is 17.6. The van der Waals surface area contributed by atoms with Gasteiger partial charge in [0.05, 0.1) is 16.7 Å². The van der Waals surface area contributed by atoms with Gasteiger partial charge in [-0.3, -0.25) is 4.79 Å². The van der Waals surface area contributed by atoms with Crippen LogP contribution in [0.3, 0.4) is 0 Å². The van der Waals surface area contributed by atoms with E-state index in [2.05, 4.69) is 35.3 Å². The van der Waals surface area contributed by atoms with Crippen LogP contribution < -0.4 is 0 Å². The Kier molecular flexibility index (Phi) is 6.24. The predicted molar refractivity (Wildman–Crippen MR) is 152 cm³/mol. The quantitative estimate of drug-likeness (QED) is 0.269. The molecule has 0 spiro atoms. The number of carbonyl (C=O) groups is 1. The van der Waals surface area contributed by atoms with Gasteiger partial charge in [-0.15, -0.1) is 0 Å². The molecule has 0 saturated carbocycles. The van der Waals surface area contributed by atoms with Crippen molar-refractivity contribution < 1.29 is 9.90 Å². The van der Waals surface area contributed by atoms with Gasteiger partial charge in [-0.1, -0.05) is 71.7 Å². The Hall–Kier alpha value is -3.58. The Morgan fingerprint density at radius 1 is 0.919 bits per heavy atom. The molecule has 0 bridgehead atoms. The molecule has 8 heteroatoms. The number of fused-ring (bicyclic) bond motifs is 1. The maximum atomic E-state index is 12.8. The van der Waals surface area contributed by atoms with Gasteiger partial charge >= 0.3 is 0 Å². The van der Waals surface area contributed by atoms with Crippen molar-refractivity contribution in [2.24, 2.45) is 10.1 Å². The second-order valence-electron chi connectivity index (χ2n) is 8.74. The summed E-state index contributed by atoms with van der Waals surface area (Å²) >= 11 is 13.5. The van der Waals surface area contributed by atoms with Gasteiger partial charge in [0, 0.05) is 22.0 Å². The van der Waals surface area contributed by atoms with Crippen LogP contribution in [0.5, 0.6) is 5.75 Å². The van der Waals surface area contributed by atoms with E-state index in [1.54, 1.807) is 18.2 Å². The lowest BCUT2D eigenvalue weighted by Gasteiger charge is -2.22. The van der Waals surface area contributed by atoms with Crippen LogP contribution in [0.2, 0.25) is 10.0 Å². The summed E-state index contributed by atoms with van der Waals surface area (Å²) in [5, 5.41) is 20.9. The molecule has 6 rings (SSSR count). The van der Waals surface area contributed by atoms with Crippen molar-refractivity contribution in [3.05, 3.63) is 117 Å². The fourth-order valence-corrected chi connectivity index (χ4v) is 5.67. The van der Waals surface area contributed by atoms with Crippen LogP contribution in [0, 0.1) is 0 Å². The van der Waals surface area contributed by atoms with Crippen molar-refractivity contribution >= 4 is 68.6 Å². The standard InChI is InChI=1S/C29H19Cl2N3O2S/c30-22-9-7-18(8-10-22)25-16-24(20-6-5-17-3-1-2-4-19(17)13-20)33-34(25)29-32-28(36)27(37-29)15-21-14-23(31)11-12-26(21)35/h1-15,25,35H,16H2/b27-15-. The molecular weight excluding hydrogens is 525 g/mol. The molecule has 1 N–H and O–H groups in total. The molecule has 0 fully saturated rings. The van der Waals surface area contributed by atoms with E-state index in [4.69, 9.17) is 28.3 Å². The maximum Gasteiger partial charge on any atom is 0.286 e.